The van der Waals surface area contributed by atoms with Crippen molar-refractivity contribution in [2.75, 3.05) is 18.6 Å². The van der Waals surface area contributed by atoms with Gasteiger partial charge in [-0.15, -0.1) is 0 Å². The number of carbonyl (C=O) groups excluding carboxylic acids is 1. The molecular weight excluding hydrogens is 492 g/mol. The highest BCUT2D eigenvalue weighted by molar-refractivity contribution is 7.98. The number of aliphatic carboxylic acids is 1. The number of carbonyl (C=O) groups is 2. The number of carboxylic acids is 1. The zero-order valence-electron chi connectivity index (χ0n) is 23.4. The molecule has 208 valence electrons. The summed E-state index contributed by atoms with van der Waals surface area (Å²) < 4.78 is 0. The molecule has 2 unspecified atom stereocenters. The average Bonchev–Trinajstić information content (AvgIpc) is 2.93. The molecule has 0 bridgehead atoms. The molecule has 5 nitrogen and oxygen atoms in total. The molecule has 6 heteroatoms. The first-order valence-corrected chi connectivity index (χ1v) is 15.8. The molecule has 2 aromatic carbocycles. The summed E-state index contributed by atoms with van der Waals surface area (Å²) in [5.74, 6) is 0.179. The van der Waals surface area contributed by atoms with E-state index in [4.69, 9.17) is 0 Å². The van der Waals surface area contributed by atoms with Crippen LogP contribution < -0.4 is 10.6 Å². The van der Waals surface area contributed by atoms with Crippen LogP contribution in [0.2, 0.25) is 0 Å². The lowest BCUT2D eigenvalue weighted by molar-refractivity contribution is -0.139. The summed E-state index contributed by atoms with van der Waals surface area (Å²) in [6, 6.07) is 13.5. The standard InChI is InChI=1S/C32H46N2O3S/c1-4-5-15-29(33-20-18-24-12-7-6-8-13-24)25-16-17-27(28(22-25)26-14-10-9-11-23(26)2)31(35)34-30(32(36)37)19-21-38-3/h9-11,14,16-17,22,24,29-30,33H,4-8,12-13,15,18-21H2,1-3H3,(H,34,35)(H,36,37). The lowest BCUT2D eigenvalue weighted by atomic mass is 9.87. The second-order valence-corrected chi connectivity index (χ2v) is 11.7. The molecule has 2 aromatic rings. The van der Waals surface area contributed by atoms with Gasteiger partial charge >= 0.3 is 5.97 Å². The van der Waals surface area contributed by atoms with E-state index in [1.807, 2.05) is 30.5 Å². The lowest BCUT2D eigenvalue weighted by Crippen LogP contribution is -2.41. The molecule has 3 N–H and O–H groups in total. The Morgan fingerprint density at radius 2 is 1.82 bits per heavy atom. The Bertz CT molecular complexity index is 1040. The van der Waals surface area contributed by atoms with E-state index in [-0.39, 0.29) is 11.9 Å². The number of nitrogens with one attached hydrogen (secondary N) is 2. The molecule has 1 aliphatic carbocycles. The number of hydrogen-bond acceptors (Lipinski definition) is 4. The van der Waals surface area contributed by atoms with Gasteiger partial charge in [-0.2, -0.15) is 11.8 Å². The Labute approximate surface area is 233 Å². The zero-order chi connectivity index (χ0) is 27.3. The largest absolute Gasteiger partial charge is 0.480 e. The van der Waals surface area contributed by atoms with Gasteiger partial charge in [0, 0.05) is 11.6 Å². The van der Waals surface area contributed by atoms with Gasteiger partial charge in [-0.05, 0) is 85.0 Å². The summed E-state index contributed by atoms with van der Waals surface area (Å²) in [6.45, 7) is 5.29. The van der Waals surface area contributed by atoms with Crippen LogP contribution in [0.25, 0.3) is 11.1 Å². The van der Waals surface area contributed by atoms with Crippen LogP contribution in [0.5, 0.6) is 0 Å². The van der Waals surface area contributed by atoms with Gasteiger partial charge in [-0.25, -0.2) is 4.79 Å². The van der Waals surface area contributed by atoms with E-state index < -0.39 is 12.0 Å². The molecule has 0 saturated heterocycles. The molecule has 0 heterocycles. The van der Waals surface area contributed by atoms with Gasteiger partial charge in [0.15, 0.2) is 0 Å². The van der Waals surface area contributed by atoms with Crippen molar-refractivity contribution in [1.82, 2.24) is 10.6 Å². The molecule has 0 radical (unpaired) electrons. The Kier molecular flexibility index (Phi) is 12.7. The van der Waals surface area contributed by atoms with Crippen molar-refractivity contribution in [2.24, 2.45) is 5.92 Å². The van der Waals surface area contributed by atoms with E-state index >= 15 is 0 Å². The number of amides is 1. The van der Waals surface area contributed by atoms with E-state index in [2.05, 4.69) is 42.7 Å². The minimum atomic E-state index is -0.997. The smallest absolute Gasteiger partial charge is 0.326 e. The molecule has 2 atom stereocenters. The minimum Gasteiger partial charge on any atom is -0.480 e. The molecule has 1 amide bonds. The number of aryl methyl sites for hydroxylation is 1. The van der Waals surface area contributed by atoms with E-state index in [0.717, 1.165) is 48.4 Å². The third-order valence-electron chi connectivity index (χ3n) is 7.85. The number of rotatable bonds is 15. The highest BCUT2D eigenvalue weighted by Crippen LogP contribution is 2.32. The van der Waals surface area contributed by atoms with Gasteiger partial charge in [0.05, 0.1) is 0 Å². The molecule has 1 aliphatic rings. The average molecular weight is 539 g/mol. The van der Waals surface area contributed by atoms with Crippen LogP contribution in [0.1, 0.15) is 98.7 Å². The monoisotopic (exact) mass is 538 g/mol. The molecule has 0 spiro atoms. The van der Waals surface area contributed by atoms with Crippen molar-refractivity contribution < 1.29 is 14.7 Å². The molecule has 0 aromatic heterocycles. The van der Waals surface area contributed by atoms with Crippen LogP contribution in [0, 0.1) is 12.8 Å². The second-order valence-electron chi connectivity index (χ2n) is 10.7. The van der Waals surface area contributed by atoms with Crippen molar-refractivity contribution in [1.29, 1.82) is 0 Å². The van der Waals surface area contributed by atoms with Crippen LogP contribution in [-0.2, 0) is 4.79 Å². The molecule has 38 heavy (non-hydrogen) atoms. The van der Waals surface area contributed by atoms with Crippen LogP contribution in [0.15, 0.2) is 42.5 Å². The topological polar surface area (TPSA) is 78.4 Å². The number of unbranched alkanes of at least 4 members (excludes halogenated alkanes) is 1. The van der Waals surface area contributed by atoms with Gasteiger partial charge in [0.1, 0.15) is 6.04 Å². The summed E-state index contributed by atoms with van der Waals surface area (Å²) in [6.07, 6.45) is 13.7. The predicted octanol–water partition coefficient (Wildman–Crippen LogP) is 7.39. The predicted molar refractivity (Wildman–Crippen MR) is 160 cm³/mol. The van der Waals surface area contributed by atoms with Crippen LogP contribution in [0.4, 0.5) is 0 Å². The van der Waals surface area contributed by atoms with Crippen LogP contribution >= 0.6 is 11.8 Å². The third kappa shape index (κ3) is 8.88. The minimum absolute atomic E-state index is 0.228. The van der Waals surface area contributed by atoms with E-state index in [1.54, 1.807) is 11.8 Å². The quantitative estimate of drug-likeness (QED) is 0.220. The van der Waals surface area contributed by atoms with Crippen molar-refractivity contribution in [2.45, 2.75) is 90.1 Å². The maximum absolute atomic E-state index is 13.4. The maximum Gasteiger partial charge on any atom is 0.326 e. The maximum atomic E-state index is 13.4. The Hall–Kier alpha value is -2.31. The zero-order valence-corrected chi connectivity index (χ0v) is 24.2. The number of carboxylic acid groups (broad SMARTS) is 1. The normalized spacial score (nSPS) is 15.7. The van der Waals surface area contributed by atoms with Crippen LogP contribution in [-0.4, -0.2) is 41.6 Å². The SMILES string of the molecule is CCCCC(NCCC1CCCCC1)c1ccc(C(=O)NC(CCSC)C(=O)O)c(-c2ccccc2C)c1. The van der Waals surface area contributed by atoms with Gasteiger partial charge in [-0.3, -0.25) is 4.79 Å². The van der Waals surface area contributed by atoms with Gasteiger partial charge in [-0.1, -0.05) is 82.2 Å². The third-order valence-corrected chi connectivity index (χ3v) is 8.50. The fourth-order valence-corrected chi connectivity index (χ4v) is 6.01. The van der Waals surface area contributed by atoms with Crippen molar-refractivity contribution in [3.8, 4) is 11.1 Å². The van der Waals surface area contributed by atoms with E-state index in [9.17, 15) is 14.7 Å². The summed E-state index contributed by atoms with van der Waals surface area (Å²) in [5.41, 5.74) is 4.67. The number of hydrogen-bond donors (Lipinski definition) is 3. The Balaban J connectivity index is 1.89. The summed E-state index contributed by atoms with van der Waals surface area (Å²) in [7, 11) is 0. The summed E-state index contributed by atoms with van der Waals surface area (Å²) >= 11 is 1.58. The second kappa shape index (κ2) is 15.9. The fraction of sp³-hybridized carbons (Fsp3) is 0.562. The molecule has 1 saturated carbocycles. The fourth-order valence-electron chi connectivity index (χ4n) is 5.54. The first kappa shape index (κ1) is 30.2. The number of thioether (sulfide) groups is 1. The van der Waals surface area contributed by atoms with E-state index in [1.165, 1.54) is 44.1 Å². The summed E-state index contributed by atoms with van der Waals surface area (Å²) in [5, 5.41) is 16.3. The lowest BCUT2D eigenvalue weighted by Gasteiger charge is -2.25. The first-order valence-electron chi connectivity index (χ1n) is 14.4. The Morgan fingerprint density at radius 1 is 1.05 bits per heavy atom. The number of benzene rings is 2. The Morgan fingerprint density at radius 3 is 2.50 bits per heavy atom. The molecule has 1 fully saturated rings. The van der Waals surface area contributed by atoms with Gasteiger partial charge in [0.2, 0.25) is 0 Å². The first-order chi connectivity index (χ1) is 18.4. The van der Waals surface area contributed by atoms with Gasteiger partial charge < -0.3 is 15.7 Å². The van der Waals surface area contributed by atoms with Gasteiger partial charge in [0.25, 0.3) is 5.91 Å². The van der Waals surface area contributed by atoms with Crippen LogP contribution in [0.3, 0.4) is 0 Å². The summed E-state index contributed by atoms with van der Waals surface area (Å²) in [4.78, 5) is 25.2. The highest BCUT2D eigenvalue weighted by Gasteiger charge is 2.24. The van der Waals surface area contributed by atoms with Crippen molar-refractivity contribution >= 4 is 23.6 Å². The molecular formula is C32H46N2O3S. The molecule has 3 rings (SSSR count). The van der Waals surface area contributed by atoms with E-state index in [0.29, 0.717) is 17.7 Å². The van der Waals surface area contributed by atoms with Crippen molar-refractivity contribution in [3.63, 3.8) is 0 Å². The highest BCUT2D eigenvalue weighted by atomic mass is 32.2. The molecule has 0 aliphatic heterocycles. The van der Waals surface area contributed by atoms with Crippen molar-refractivity contribution in [3.05, 3.63) is 59.2 Å².